The summed E-state index contributed by atoms with van der Waals surface area (Å²) in [6.45, 7) is 6.52. The van der Waals surface area contributed by atoms with Gasteiger partial charge in [-0.1, -0.05) is 17.7 Å². The number of amides is 1. The Labute approximate surface area is 170 Å². The molecule has 0 fully saturated rings. The van der Waals surface area contributed by atoms with E-state index in [9.17, 15) is 4.79 Å². The van der Waals surface area contributed by atoms with Crippen LogP contribution in [-0.4, -0.2) is 30.2 Å². The van der Waals surface area contributed by atoms with Crippen molar-refractivity contribution in [1.82, 2.24) is 4.90 Å². The molecule has 5 nitrogen and oxygen atoms in total. The van der Waals surface area contributed by atoms with Crippen molar-refractivity contribution in [3.8, 4) is 22.9 Å². The summed E-state index contributed by atoms with van der Waals surface area (Å²) in [5.41, 5.74) is 3.79. The largest absolute Gasteiger partial charge is 0.496 e. The van der Waals surface area contributed by atoms with Crippen LogP contribution in [0, 0.1) is 11.3 Å². The number of fused-ring (bicyclic) bond motifs is 1. The Balaban J connectivity index is 2.04. The van der Waals surface area contributed by atoms with Crippen LogP contribution in [-0.2, 0) is 17.7 Å². The van der Waals surface area contributed by atoms with Gasteiger partial charge < -0.3 is 14.4 Å². The highest BCUT2D eigenvalue weighted by atomic mass is 35.5. The molecule has 0 saturated carbocycles. The molecule has 0 atom stereocenters. The zero-order valence-electron chi connectivity index (χ0n) is 16.5. The van der Waals surface area contributed by atoms with Gasteiger partial charge in [0.15, 0.2) is 0 Å². The van der Waals surface area contributed by atoms with Crippen LogP contribution in [0.15, 0.2) is 30.3 Å². The average molecular weight is 399 g/mol. The Morgan fingerprint density at radius 3 is 2.54 bits per heavy atom. The molecule has 6 heteroatoms. The molecule has 2 aromatic carbocycles. The van der Waals surface area contributed by atoms with E-state index in [1.165, 1.54) is 0 Å². The van der Waals surface area contributed by atoms with Crippen molar-refractivity contribution in [1.29, 1.82) is 5.26 Å². The molecule has 0 aliphatic carbocycles. The van der Waals surface area contributed by atoms with Crippen LogP contribution in [0.2, 0.25) is 5.02 Å². The third-order valence-corrected chi connectivity index (χ3v) is 4.98. The van der Waals surface area contributed by atoms with E-state index >= 15 is 0 Å². The van der Waals surface area contributed by atoms with Gasteiger partial charge in [0.05, 0.1) is 18.7 Å². The van der Waals surface area contributed by atoms with Crippen molar-refractivity contribution in [3.63, 3.8) is 0 Å². The number of carbonyl (C=O) groups excluding carboxylic acids is 1. The minimum Gasteiger partial charge on any atom is -0.496 e. The van der Waals surface area contributed by atoms with Crippen LogP contribution in [0.4, 0.5) is 4.79 Å². The summed E-state index contributed by atoms with van der Waals surface area (Å²) in [4.78, 5) is 14.3. The monoisotopic (exact) mass is 398 g/mol. The highest BCUT2D eigenvalue weighted by Crippen LogP contribution is 2.39. The number of hydrogen-bond donors (Lipinski definition) is 0. The number of ether oxygens (including phenoxy) is 2. The summed E-state index contributed by atoms with van der Waals surface area (Å²) < 4.78 is 11.1. The topological polar surface area (TPSA) is 62.6 Å². The molecular weight excluding hydrogens is 376 g/mol. The van der Waals surface area contributed by atoms with Crippen LogP contribution >= 0.6 is 11.6 Å². The van der Waals surface area contributed by atoms with Gasteiger partial charge in [0.1, 0.15) is 11.4 Å². The van der Waals surface area contributed by atoms with E-state index in [-0.39, 0.29) is 6.09 Å². The molecule has 2 aromatic rings. The highest BCUT2D eigenvalue weighted by molar-refractivity contribution is 6.31. The number of hydrogen-bond acceptors (Lipinski definition) is 4. The Morgan fingerprint density at radius 2 is 1.89 bits per heavy atom. The number of methoxy groups -OCH3 is 1. The van der Waals surface area contributed by atoms with Gasteiger partial charge in [-0.15, -0.1) is 0 Å². The molecule has 0 spiro atoms. The van der Waals surface area contributed by atoms with Crippen molar-refractivity contribution in [2.45, 2.75) is 39.3 Å². The lowest BCUT2D eigenvalue weighted by Crippen LogP contribution is -2.40. The summed E-state index contributed by atoms with van der Waals surface area (Å²) in [5, 5.41) is 9.85. The van der Waals surface area contributed by atoms with E-state index in [0.29, 0.717) is 35.8 Å². The molecule has 1 aliphatic rings. The van der Waals surface area contributed by atoms with Crippen LogP contribution in [0.25, 0.3) is 11.1 Å². The second-order valence-corrected chi connectivity index (χ2v) is 8.14. The number of halogens is 1. The number of carbonyl (C=O) groups is 1. The quantitative estimate of drug-likeness (QED) is 0.699. The van der Waals surface area contributed by atoms with E-state index in [2.05, 4.69) is 6.07 Å². The van der Waals surface area contributed by atoms with Gasteiger partial charge in [0.25, 0.3) is 0 Å². The molecule has 0 unspecified atom stereocenters. The Morgan fingerprint density at radius 1 is 1.18 bits per heavy atom. The summed E-state index contributed by atoms with van der Waals surface area (Å²) in [5.74, 6) is 0.609. The Hall–Kier alpha value is -2.71. The number of benzene rings is 2. The fraction of sp³-hybridized carbons (Fsp3) is 0.364. The standard InChI is InChI=1S/C22H23ClN2O3/c1-22(2,3)28-21(26)25-10-9-16-18(13-25)15(7-8-19(16)23)17-6-5-14(12-24)11-20(17)27-4/h5-8,11H,9-10,13H2,1-4H3. The third kappa shape index (κ3) is 4.07. The smallest absolute Gasteiger partial charge is 0.410 e. The van der Waals surface area contributed by atoms with Gasteiger partial charge >= 0.3 is 6.09 Å². The summed E-state index contributed by atoms with van der Waals surface area (Å²) in [7, 11) is 1.58. The zero-order valence-corrected chi connectivity index (χ0v) is 17.3. The minimum atomic E-state index is -0.551. The van der Waals surface area contributed by atoms with Crippen LogP contribution in [0.5, 0.6) is 5.75 Å². The van der Waals surface area contributed by atoms with Crippen molar-refractivity contribution < 1.29 is 14.3 Å². The molecule has 1 aliphatic heterocycles. The van der Waals surface area contributed by atoms with Gasteiger partial charge in [-0.3, -0.25) is 0 Å². The van der Waals surface area contributed by atoms with E-state index < -0.39 is 5.60 Å². The van der Waals surface area contributed by atoms with Crippen molar-refractivity contribution in [3.05, 3.63) is 52.0 Å². The molecule has 0 radical (unpaired) electrons. The Bertz CT molecular complexity index is 957. The van der Waals surface area contributed by atoms with Gasteiger partial charge in [0.2, 0.25) is 0 Å². The molecule has 0 saturated heterocycles. The zero-order chi connectivity index (χ0) is 20.5. The van der Waals surface area contributed by atoms with Crippen molar-refractivity contribution >= 4 is 17.7 Å². The Kier molecular flexibility index (Phi) is 5.53. The summed E-state index contributed by atoms with van der Waals surface area (Å²) >= 11 is 6.45. The van der Waals surface area contributed by atoms with E-state index in [4.69, 9.17) is 26.3 Å². The van der Waals surface area contributed by atoms with Gasteiger partial charge in [0, 0.05) is 23.7 Å². The second-order valence-electron chi connectivity index (χ2n) is 7.73. The maximum atomic E-state index is 12.6. The first-order chi connectivity index (χ1) is 13.2. The SMILES string of the molecule is COc1cc(C#N)ccc1-c1ccc(Cl)c2c1CN(C(=O)OC(C)(C)C)CC2. The summed E-state index contributed by atoms with van der Waals surface area (Å²) in [6.07, 6.45) is 0.315. The van der Waals surface area contributed by atoms with E-state index in [1.54, 1.807) is 24.1 Å². The lowest BCUT2D eigenvalue weighted by molar-refractivity contribution is 0.0224. The van der Waals surface area contributed by atoms with Gasteiger partial charge in [-0.2, -0.15) is 5.26 Å². The molecular formula is C22H23ClN2O3. The van der Waals surface area contributed by atoms with E-state index in [1.807, 2.05) is 39.0 Å². The third-order valence-electron chi connectivity index (χ3n) is 4.63. The molecule has 1 heterocycles. The van der Waals surface area contributed by atoms with E-state index in [0.717, 1.165) is 22.3 Å². The summed E-state index contributed by atoms with van der Waals surface area (Å²) in [6, 6.07) is 11.3. The van der Waals surface area contributed by atoms with Crippen molar-refractivity contribution in [2.24, 2.45) is 0 Å². The maximum Gasteiger partial charge on any atom is 0.410 e. The fourth-order valence-electron chi connectivity index (χ4n) is 3.35. The van der Waals surface area contributed by atoms with Crippen molar-refractivity contribution in [2.75, 3.05) is 13.7 Å². The normalized spacial score (nSPS) is 13.5. The first-order valence-electron chi connectivity index (χ1n) is 9.10. The lowest BCUT2D eigenvalue weighted by atomic mass is 9.90. The first-order valence-corrected chi connectivity index (χ1v) is 9.48. The highest BCUT2D eigenvalue weighted by Gasteiger charge is 2.28. The second kappa shape index (κ2) is 7.73. The fourth-order valence-corrected chi connectivity index (χ4v) is 3.62. The number of nitriles is 1. The number of rotatable bonds is 2. The predicted molar refractivity (Wildman–Crippen MR) is 109 cm³/mol. The van der Waals surface area contributed by atoms with Crippen LogP contribution in [0.1, 0.15) is 37.5 Å². The maximum absolute atomic E-state index is 12.6. The van der Waals surface area contributed by atoms with Crippen LogP contribution < -0.4 is 4.74 Å². The molecule has 146 valence electrons. The molecule has 0 aromatic heterocycles. The van der Waals surface area contributed by atoms with Gasteiger partial charge in [-0.05, 0) is 68.1 Å². The molecule has 1 amide bonds. The minimum absolute atomic E-state index is 0.337. The average Bonchev–Trinajstić information content (AvgIpc) is 2.66. The molecule has 0 N–H and O–H groups in total. The van der Waals surface area contributed by atoms with Crippen LogP contribution in [0.3, 0.4) is 0 Å². The predicted octanol–water partition coefficient (Wildman–Crippen LogP) is 5.18. The molecule has 0 bridgehead atoms. The lowest BCUT2D eigenvalue weighted by Gasteiger charge is -2.33. The molecule has 3 rings (SSSR count). The van der Waals surface area contributed by atoms with Gasteiger partial charge in [-0.25, -0.2) is 4.79 Å². The first kappa shape index (κ1) is 20.0. The number of nitrogens with zero attached hydrogens (tertiary/aromatic N) is 2. The molecule has 28 heavy (non-hydrogen) atoms.